The number of nitrogens with zero attached hydrogens (tertiary/aromatic N) is 2. The van der Waals surface area contributed by atoms with Crippen LogP contribution in [-0.2, 0) is 4.79 Å². The number of hydrogen-bond donors (Lipinski definition) is 2. The summed E-state index contributed by atoms with van der Waals surface area (Å²) in [6.45, 7) is 6.59. The Hall–Kier alpha value is -1.26. The SMILES string of the molecule is CCCCNC(=NCC1(C(=O)N(C)C)CCCC1)NCC. The summed E-state index contributed by atoms with van der Waals surface area (Å²) in [6, 6.07) is 0. The minimum absolute atomic E-state index is 0.230. The first-order valence-corrected chi connectivity index (χ1v) is 8.29. The maximum Gasteiger partial charge on any atom is 0.230 e. The van der Waals surface area contributed by atoms with E-state index in [1.807, 2.05) is 14.1 Å². The molecule has 0 heterocycles. The number of aliphatic imine (C=N–C) groups is 1. The summed E-state index contributed by atoms with van der Waals surface area (Å²) in [7, 11) is 3.69. The van der Waals surface area contributed by atoms with Gasteiger partial charge in [-0.1, -0.05) is 26.2 Å². The molecule has 0 unspecified atom stereocenters. The molecule has 1 amide bonds. The normalized spacial score (nSPS) is 17.6. The minimum atomic E-state index is -0.281. The van der Waals surface area contributed by atoms with Crippen LogP contribution in [0, 0.1) is 5.41 Å². The zero-order valence-electron chi connectivity index (χ0n) is 14.2. The van der Waals surface area contributed by atoms with Gasteiger partial charge in [0.25, 0.3) is 0 Å². The highest BCUT2D eigenvalue weighted by molar-refractivity contribution is 5.84. The van der Waals surface area contributed by atoms with Crippen LogP contribution in [0.25, 0.3) is 0 Å². The van der Waals surface area contributed by atoms with E-state index in [0.717, 1.165) is 57.6 Å². The van der Waals surface area contributed by atoms with Crippen molar-refractivity contribution >= 4 is 11.9 Å². The van der Waals surface area contributed by atoms with Gasteiger partial charge < -0.3 is 15.5 Å². The standard InChI is InChI=1S/C16H32N4O/c1-5-7-12-18-15(17-6-2)19-13-16(10-8-9-11-16)14(21)20(3)4/h5-13H2,1-4H3,(H2,17,18,19). The zero-order chi connectivity index (χ0) is 15.7. The maximum atomic E-state index is 12.5. The molecule has 0 radical (unpaired) electrons. The Kier molecular flexibility index (Phi) is 7.54. The molecule has 0 saturated heterocycles. The van der Waals surface area contributed by atoms with Gasteiger partial charge >= 0.3 is 0 Å². The van der Waals surface area contributed by atoms with Gasteiger partial charge in [-0.25, -0.2) is 0 Å². The number of unbranched alkanes of at least 4 members (excludes halogenated alkanes) is 1. The second-order valence-corrected chi connectivity index (χ2v) is 6.16. The lowest BCUT2D eigenvalue weighted by Gasteiger charge is -2.29. The topological polar surface area (TPSA) is 56.7 Å². The molecule has 2 N–H and O–H groups in total. The molecule has 0 atom stereocenters. The molecular formula is C16H32N4O. The van der Waals surface area contributed by atoms with Crippen LogP contribution in [0.3, 0.4) is 0 Å². The molecule has 1 fully saturated rings. The maximum absolute atomic E-state index is 12.5. The first kappa shape index (κ1) is 17.8. The highest BCUT2D eigenvalue weighted by Crippen LogP contribution is 2.39. The summed E-state index contributed by atoms with van der Waals surface area (Å²) in [5.41, 5.74) is -0.281. The molecule has 0 aromatic carbocycles. The number of nitrogens with one attached hydrogen (secondary N) is 2. The number of amides is 1. The summed E-state index contributed by atoms with van der Waals surface area (Å²) in [4.78, 5) is 18.9. The lowest BCUT2D eigenvalue weighted by Crippen LogP contribution is -2.43. The number of hydrogen-bond acceptors (Lipinski definition) is 2. The lowest BCUT2D eigenvalue weighted by atomic mass is 9.85. The van der Waals surface area contributed by atoms with E-state index in [1.54, 1.807) is 4.90 Å². The van der Waals surface area contributed by atoms with Gasteiger partial charge in [0.15, 0.2) is 5.96 Å². The van der Waals surface area contributed by atoms with Gasteiger partial charge in [0.2, 0.25) is 5.91 Å². The molecule has 1 saturated carbocycles. The van der Waals surface area contributed by atoms with Crippen LogP contribution >= 0.6 is 0 Å². The van der Waals surface area contributed by atoms with E-state index in [1.165, 1.54) is 0 Å². The van der Waals surface area contributed by atoms with Gasteiger partial charge in [-0.2, -0.15) is 0 Å². The van der Waals surface area contributed by atoms with Crippen molar-refractivity contribution in [2.75, 3.05) is 33.7 Å². The Morgan fingerprint density at radius 3 is 2.38 bits per heavy atom. The summed E-state index contributed by atoms with van der Waals surface area (Å²) in [5.74, 6) is 1.07. The fraction of sp³-hybridized carbons (Fsp3) is 0.875. The van der Waals surface area contributed by atoms with Crippen molar-refractivity contribution in [2.24, 2.45) is 10.4 Å². The van der Waals surface area contributed by atoms with Crippen LogP contribution < -0.4 is 10.6 Å². The van der Waals surface area contributed by atoms with Crippen LogP contribution in [0.4, 0.5) is 0 Å². The van der Waals surface area contributed by atoms with Gasteiger partial charge in [-0.3, -0.25) is 9.79 Å². The van der Waals surface area contributed by atoms with Crippen molar-refractivity contribution in [3.05, 3.63) is 0 Å². The Labute approximate surface area is 129 Å². The third kappa shape index (κ3) is 5.21. The first-order chi connectivity index (χ1) is 10.1. The number of guanidine groups is 1. The summed E-state index contributed by atoms with van der Waals surface area (Å²) >= 11 is 0. The molecule has 122 valence electrons. The lowest BCUT2D eigenvalue weighted by molar-refractivity contribution is -0.138. The van der Waals surface area contributed by atoms with E-state index in [4.69, 9.17) is 0 Å². The van der Waals surface area contributed by atoms with E-state index >= 15 is 0 Å². The Morgan fingerprint density at radius 2 is 1.86 bits per heavy atom. The van der Waals surface area contributed by atoms with E-state index in [-0.39, 0.29) is 11.3 Å². The van der Waals surface area contributed by atoms with E-state index in [9.17, 15) is 4.79 Å². The third-order valence-electron chi connectivity index (χ3n) is 4.13. The van der Waals surface area contributed by atoms with Crippen molar-refractivity contribution in [1.29, 1.82) is 0 Å². The summed E-state index contributed by atoms with van der Waals surface area (Å²) < 4.78 is 0. The van der Waals surface area contributed by atoms with Crippen LogP contribution in [-0.4, -0.2) is 50.5 Å². The summed E-state index contributed by atoms with van der Waals surface area (Å²) in [5, 5.41) is 6.61. The third-order valence-corrected chi connectivity index (χ3v) is 4.13. The van der Waals surface area contributed by atoms with Gasteiger partial charge in [0.1, 0.15) is 0 Å². The van der Waals surface area contributed by atoms with Gasteiger partial charge in [-0.15, -0.1) is 0 Å². The van der Waals surface area contributed by atoms with Crippen LogP contribution in [0.15, 0.2) is 4.99 Å². The molecule has 1 rings (SSSR count). The van der Waals surface area contributed by atoms with E-state index < -0.39 is 0 Å². The predicted octanol–water partition coefficient (Wildman–Crippen LogP) is 1.99. The molecule has 5 nitrogen and oxygen atoms in total. The monoisotopic (exact) mass is 296 g/mol. The molecule has 0 aromatic heterocycles. The molecule has 5 heteroatoms. The number of carbonyl (C=O) groups is 1. The molecule has 1 aliphatic carbocycles. The Bertz CT molecular complexity index is 346. The van der Waals surface area contributed by atoms with Crippen molar-refractivity contribution in [3.63, 3.8) is 0 Å². The Morgan fingerprint density at radius 1 is 1.19 bits per heavy atom. The fourth-order valence-electron chi connectivity index (χ4n) is 2.92. The smallest absolute Gasteiger partial charge is 0.230 e. The Balaban J connectivity index is 2.71. The van der Waals surface area contributed by atoms with Crippen LogP contribution in [0.2, 0.25) is 0 Å². The minimum Gasteiger partial charge on any atom is -0.357 e. The molecular weight excluding hydrogens is 264 g/mol. The average molecular weight is 296 g/mol. The van der Waals surface area contributed by atoms with Crippen molar-refractivity contribution < 1.29 is 4.79 Å². The van der Waals surface area contributed by atoms with Gasteiger partial charge in [0.05, 0.1) is 12.0 Å². The second-order valence-electron chi connectivity index (χ2n) is 6.16. The van der Waals surface area contributed by atoms with Gasteiger partial charge in [-0.05, 0) is 26.2 Å². The number of rotatable bonds is 7. The fourth-order valence-corrected chi connectivity index (χ4v) is 2.92. The van der Waals surface area contributed by atoms with Crippen molar-refractivity contribution in [1.82, 2.24) is 15.5 Å². The highest BCUT2D eigenvalue weighted by Gasteiger charge is 2.41. The number of carbonyl (C=O) groups excluding carboxylic acids is 1. The van der Waals surface area contributed by atoms with E-state index in [2.05, 4.69) is 29.5 Å². The predicted molar refractivity (Wildman–Crippen MR) is 88.5 cm³/mol. The largest absolute Gasteiger partial charge is 0.357 e. The zero-order valence-corrected chi connectivity index (χ0v) is 14.2. The molecule has 0 aliphatic heterocycles. The molecule has 21 heavy (non-hydrogen) atoms. The quantitative estimate of drug-likeness (QED) is 0.429. The summed E-state index contributed by atoms with van der Waals surface area (Å²) in [6.07, 6.45) is 6.48. The molecule has 0 bridgehead atoms. The highest BCUT2D eigenvalue weighted by atomic mass is 16.2. The van der Waals surface area contributed by atoms with E-state index in [0.29, 0.717) is 6.54 Å². The van der Waals surface area contributed by atoms with Gasteiger partial charge in [0, 0.05) is 27.2 Å². The van der Waals surface area contributed by atoms with Crippen molar-refractivity contribution in [3.8, 4) is 0 Å². The van der Waals surface area contributed by atoms with Crippen molar-refractivity contribution in [2.45, 2.75) is 52.4 Å². The molecule has 0 aromatic rings. The second kappa shape index (κ2) is 8.90. The first-order valence-electron chi connectivity index (χ1n) is 8.29. The molecule has 1 aliphatic rings. The molecule has 0 spiro atoms. The van der Waals surface area contributed by atoms with Crippen LogP contribution in [0.5, 0.6) is 0 Å². The van der Waals surface area contributed by atoms with Crippen LogP contribution in [0.1, 0.15) is 52.4 Å². The average Bonchev–Trinajstić information content (AvgIpc) is 2.94.